The molecule has 8 heteroatoms. The minimum atomic E-state index is 0. The predicted molar refractivity (Wildman–Crippen MR) is 126 cm³/mol. The third kappa shape index (κ3) is 5.70. The highest BCUT2D eigenvalue weighted by molar-refractivity contribution is 6.31. The van der Waals surface area contributed by atoms with Crippen molar-refractivity contribution in [2.75, 3.05) is 48.1 Å². The molecule has 0 unspecified atom stereocenters. The van der Waals surface area contributed by atoms with Crippen LogP contribution in [0.15, 0.2) is 30.3 Å². The second-order valence-electron chi connectivity index (χ2n) is 6.76. The number of benzene rings is 2. The highest BCUT2D eigenvalue weighted by Gasteiger charge is 2.20. The maximum atomic E-state index is 6.08. The van der Waals surface area contributed by atoms with Crippen LogP contribution in [0.1, 0.15) is 17.5 Å². The van der Waals surface area contributed by atoms with Gasteiger partial charge in [-0.25, -0.2) is 0 Å². The Hall–Kier alpha value is -2.28. The van der Waals surface area contributed by atoms with Crippen molar-refractivity contribution in [3.63, 3.8) is 0 Å². The maximum absolute atomic E-state index is 6.08. The van der Waals surface area contributed by atoms with Crippen LogP contribution in [0.5, 0.6) is 28.7 Å². The first-order valence-corrected chi connectivity index (χ1v) is 10.2. The van der Waals surface area contributed by atoms with Crippen molar-refractivity contribution >= 4 is 29.6 Å². The fraction of sp³-hybridized carbons (Fsp3) is 0.391. The molecule has 2 aromatic rings. The van der Waals surface area contributed by atoms with E-state index >= 15 is 0 Å². The Kier molecular flexibility index (Phi) is 9.62. The molecule has 1 N–H and O–H groups in total. The van der Waals surface area contributed by atoms with E-state index in [4.69, 9.17) is 35.3 Å². The largest absolute Gasteiger partial charge is 0.493 e. The van der Waals surface area contributed by atoms with Gasteiger partial charge in [-0.2, -0.15) is 0 Å². The summed E-state index contributed by atoms with van der Waals surface area (Å²) in [6.07, 6.45) is 4.19. The minimum absolute atomic E-state index is 0. The van der Waals surface area contributed by atoms with Crippen LogP contribution in [0.2, 0.25) is 5.02 Å². The van der Waals surface area contributed by atoms with Gasteiger partial charge in [-0.15, -0.1) is 12.4 Å². The van der Waals surface area contributed by atoms with Crippen molar-refractivity contribution in [2.45, 2.75) is 12.8 Å². The molecule has 0 aromatic heterocycles. The van der Waals surface area contributed by atoms with E-state index in [2.05, 4.69) is 17.5 Å². The van der Waals surface area contributed by atoms with Gasteiger partial charge >= 0.3 is 0 Å². The van der Waals surface area contributed by atoms with E-state index in [1.165, 1.54) is 16.7 Å². The monoisotopic (exact) mass is 469 g/mol. The van der Waals surface area contributed by atoms with Gasteiger partial charge in [0.1, 0.15) is 6.61 Å². The Morgan fingerprint density at radius 1 is 0.903 bits per heavy atom. The second-order valence-corrected chi connectivity index (χ2v) is 7.20. The van der Waals surface area contributed by atoms with Crippen LogP contribution in [-0.2, 0) is 6.42 Å². The van der Waals surface area contributed by atoms with E-state index in [1.807, 2.05) is 6.07 Å². The van der Waals surface area contributed by atoms with Gasteiger partial charge in [-0.3, -0.25) is 0 Å². The van der Waals surface area contributed by atoms with Crippen LogP contribution in [-0.4, -0.2) is 48.1 Å². The Morgan fingerprint density at radius 3 is 2.19 bits per heavy atom. The SMILES string of the molecule is COc1cc(Cl)cc(OC)c1OCCNCC1=CCCc2c1ccc(OC)c2OC.Cl. The molecule has 0 spiro atoms. The lowest BCUT2D eigenvalue weighted by Crippen LogP contribution is -2.24. The quantitative estimate of drug-likeness (QED) is 0.504. The van der Waals surface area contributed by atoms with E-state index in [0.717, 1.165) is 30.9 Å². The van der Waals surface area contributed by atoms with Crippen LogP contribution < -0.4 is 29.0 Å². The first-order chi connectivity index (χ1) is 14.6. The predicted octanol–water partition coefficient (Wildman–Crippen LogP) is 4.79. The average Bonchev–Trinajstić information content (AvgIpc) is 2.78. The number of methoxy groups -OCH3 is 4. The lowest BCUT2D eigenvalue weighted by atomic mass is 9.89. The third-order valence-electron chi connectivity index (χ3n) is 5.05. The summed E-state index contributed by atoms with van der Waals surface area (Å²) in [5, 5.41) is 3.98. The number of hydrogen-bond acceptors (Lipinski definition) is 6. The Balaban J connectivity index is 0.00000341. The zero-order chi connectivity index (χ0) is 21.5. The van der Waals surface area contributed by atoms with E-state index in [-0.39, 0.29) is 12.4 Å². The second kappa shape index (κ2) is 11.9. The molecule has 0 saturated heterocycles. The molecule has 0 saturated carbocycles. The summed E-state index contributed by atoms with van der Waals surface area (Å²) < 4.78 is 27.7. The normalized spacial score (nSPS) is 12.2. The number of nitrogens with one attached hydrogen (secondary N) is 1. The van der Waals surface area contributed by atoms with Crippen LogP contribution in [0, 0.1) is 0 Å². The lowest BCUT2D eigenvalue weighted by Gasteiger charge is -2.22. The fourth-order valence-electron chi connectivity index (χ4n) is 3.65. The molecule has 2 aromatic carbocycles. The van der Waals surface area contributed by atoms with Crippen LogP contribution >= 0.6 is 24.0 Å². The summed E-state index contributed by atoms with van der Waals surface area (Å²) >= 11 is 6.08. The summed E-state index contributed by atoms with van der Waals surface area (Å²) in [4.78, 5) is 0. The van der Waals surface area contributed by atoms with Crippen LogP contribution in [0.4, 0.5) is 0 Å². The van der Waals surface area contributed by atoms with Gasteiger partial charge in [-0.05, 0) is 30.0 Å². The molecule has 6 nitrogen and oxygen atoms in total. The van der Waals surface area contributed by atoms with Gasteiger partial charge in [0.25, 0.3) is 0 Å². The summed E-state index contributed by atoms with van der Waals surface area (Å²) in [6.45, 7) is 1.86. The number of allylic oxidation sites excluding steroid dienone is 1. The number of rotatable bonds is 10. The molecule has 0 bridgehead atoms. The van der Waals surface area contributed by atoms with Gasteiger partial charge in [0, 0.05) is 35.8 Å². The lowest BCUT2D eigenvalue weighted by molar-refractivity contribution is 0.275. The molecule has 0 fully saturated rings. The van der Waals surface area contributed by atoms with Gasteiger partial charge in [0.2, 0.25) is 5.75 Å². The van der Waals surface area contributed by atoms with Gasteiger partial charge in [0.05, 0.1) is 28.4 Å². The summed E-state index contributed by atoms with van der Waals surface area (Å²) in [6, 6.07) is 7.47. The molecule has 1 aliphatic carbocycles. The van der Waals surface area contributed by atoms with E-state index in [9.17, 15) is 0 Å². The standard InChI is InChI=1S/C23H28ClNO5.ClH/c1-26-19-9-8-17-15(6-5-7-18(17)22(19)29-4)14-25-10-11-30-23-20(27-2)12-16(24)13-21(23)28-3;/h6,8-9,12-13,25H,5,7,10-11,14H2,1-4H3;1H. The van der Waals surface area contributed by atoms with Gasteiger partial charge < -0.3 is 29.0 Å². The highest BCUT2D eigenvalue weighted by atomic mass is 35.5. The molecule has 0 aliphatic heterocycles. The van der Waals surface area contributed by atoms with Crippen molar-refractivity contribution in [3.05, 3.63) is 46.5 Å². The van der Waals surface area contributed by atoms with Crippen molar-refractivity contribution in [2.24, 2.45) is 0 Å². The summed E-state index contributed by atoms with van der Waals surface area (Å²) in [5.74, 6) is 3.23. The fourth-order valence-corrected chi connectivity index (χ4v) is 3.84. The van der Waals surface area contributed by atoms with Gasteiger partial charge in [-0.1, -0.05) is 23.7 Å². The van der Waals surface area contributed by atoms with Crippen molar-refractivity contribution in [3.8, 4) is 28.7 Å². The zero-order valence-electron chi connectivity index (χ0n) is 18.2. The number of ether oxygens (including phenoxy) is 5. The first kappa shape index (κ1) is 25.0. The van der Waals surface area contributed by atoms with Crippen LogP contribution in [0.25, 0.3) is 5.57 Å². The van der Waals surface area contributed by atoms with Crippen molar-refractivity contribution < 1.29 is 23.7 Å². The molecule has 3 rings (SSSR count). The number of fused-ring (bicyclic) bond motifs is 1. The first-order valence-electron chi connectivity index (χ1n) is 9.81. The van der Waals surface area contributed by atoms with E-state index in [0.29, 0.717) is 35.4 Å². The average molecular weight is 470 g/mol. The van der Waals surface area contributed by atoms with Gasteiger partial charge in [0.15, 0.2) is 23.0 Å². The number of hydrogen-bond donors (Lipinski definition) is 1. The summed E-state index contributed by atoms with van der Waals surface area (Å²) in [5.41, 5.74) is 3.65. The topological polar surface area (TPSA) is 58.2 Å². The van der Waals surface area contributed by atoms with E-state index < -0.39 is 0 Å². The molecule has 0 amide bonds. The molecule has 0 atom stereocenters. The van der Waals surface area contributed by atoms with Crippen LogP contribution in [0.3, 0.4) is 0 Å². The summed E-state index contributed by atoms with van der Waals surface area (Å²) in [7, 11) is 6.50. The molecular formula is C23H29Cl2NO5. The maximum Gasteiger partial charge on any atom is 0.203 e. The molecule has 1 aliphatic rings. The van der Waals surface area contributed by atoms with Crippen molar-refractivity contribution in [1.82, 2.24) is 5.32 Å². The molecule has 170 valence electrons. The molecule has 0 radical (unpaired) electrons. The Labute approximate surface area is 194 Å². The Morgan fingerprint density at radius 2 is 1.58 bits per heavy atom. The third-order valence-corrected chi connectivity index (χ3v) is 5.26. The molecule has 0 heterocycles. The smallest absolute Gasteiger partial charge is 0.203 e. The Bertz CT molecular complexity index is 892. The molecule has 31 heavy (non-hydrogen) atoms. The number of halogens is 2. The molecular weight excluding hydrogens is 441 g/mol. The van der Waals surface area contributed by atoms with E-state index in [1.54, 1.807) is 40.6 Å². The highest BCUT2D eigenvalue weighted by Crippen LogP contribution is 2.40. The zero-order valence-corrected chi connectivity index (χ0v) is 19.8. The minimum Gasteiger partial charge on any atom is -0.493 e. The van der Waals surface area contributed by atoms with Crippen molar-refractivity contribution in [1.29, 1.82) is 0 Å².